The number of aromatic carboxylic acids is 1. The first-order valence-electron chi connectivity index (χ1n) is 7.15. The molecule has 0 radical (unpaired) electrons. The van der Waals surface area contributed by atoms with Crippen LogP contribution in [0.1, 0.15) is 21.9 Å². The molecular formula is C17H17N3O3. The Morgan fingerprint density at radius 2 is 1.96 bits per heavy atom. The van der Waals surface area contributed by atoms with Gasteiger partial charge in [0.05, 0.1) is 12.8 Å². The van der Waals surface area contributed by atoms with Crippen molar-refractivity contribution >= 4 is 16.9 Å². The summed E-state index contributed by atoms with van der Waals surface area (Å²) in [6.07, 6.45) is 0. The van der Waals surface area contributed by atoms with Crippen molar-refractivity contribution in [3.63, 3.8) is 0 Å². The van der Waals surface area contributed by atoms with E-state index < -0.39 is 5.97 Å². The molecule has 0 amide bonds. The van der Waals surface area contributed by atoms with Gasteiger partial charge in [-0.25, -0.2) is 9.78 Å². The van der Waals surface area contributed by atoms with Crippen LogP contribution in [-0.2, 0) is 7.05 Å². The van der Waals surface area contributed by atoms with Crippen LogP contribution in [0.5, 0.6) is 5.75 Å². The summed E-state index contributed by atoms with van der Waals surface area (Å²) >= 11 is 0. The van der Waals surface area contributed by atoms with Gasteiger partial charge in [-0.2, -0.15) is 5.10 Å². The highest BCUT2D eigenvalue weighted by atomic mass is 16.5. The highest BCUT2D eigenvalue weighted by Gasteiger charge is 2.23. The molecule has 6 nitrogen and oxygen atoms in total. The van der Waals surface area contributed by atoms with Crippen LogP contribution in [-0.4, -0.2) is 33.0 Å². The smallest absolute Gasteiger partial charge is 0.354 e. The lowest BCUT2D eigenvalue weighted by Gasteiger charge is -2.11. The molecule has 0 saturated heterocycles. The minimum Gasteiger partial charge on any atom is -0.494 e. The Balaban J connectivity index is 2.41. The van der Waals surface area contributed by atoms with Gasteiger partial charge in [0.25, 0.3) is 0 Å². The number of carboxylic acid groups (broad SMARTS) is 1. The van der Waals surface area contributed by atoms with Gasteiger partial charge in [-0.15, -0.1) is 0 Å². The zero-order valence-corrected chi connectivity index (χ0v) is 13.4. The number of pyridine rings is 1. The van der Waals surface area contributed by atoms with Crippen molar-refractivity contribution in [2.45, 2.75) is 13.8 Å². The van der Waals surface area contributed by atoms with Gasteiger partial charge >= 0.3 is 5.97 Å². The Kier molecular flexibility index (Phi) is 3.52. The third kappa shape index (κ3) is 2.32. The van der Waals surface area contributed by atoms with Crippen LogP contribution in [0.2, 0.25) is 0 Å². The van der Waals surface area contributed by atoms with Crippen LogP contribution >= 0.6 is 0 Å². The fourth-order valence-electron chi connectivity index (χ4n) is 2.90. The summed E-state index contributed by atoms with van der Waals surface area (Å²) in [6, 6.07) is 7.50. The van der Waals surface area contributed by atoms with Crippen molar-refractivity contribution in [3.05, 3.63) is 41.3 Å². The number of hydrogen-bond acceptors (Lipinski definition) is 4. The number of carbonyl (C=O) groups is 1. The van der Waals surface area contributed by atoms with Gasteiger partial charge in [-0.05, 0) is 37.6 Å². The molecule has 0 saturated carbocycles. The number of hydrogen-bond donors (Lipinski definition) is 1. The largest absolute Gasteiger partial charge is 0.494 e. The molecule has 3 aromatic rings. The summed E-state index contributed by atoms with van der Waals surface area (Å²) in [7, 11) is 3.23. The highest BCUT2D eigenvalue weighted by Crippen LogP contribution is 2.36. The fourth-order valence-corrected chi connectivity index (χ4v) is 2.90. The molecule has 0 atom stereocenters. The van der Waals surface area contributed by atoms with E-state index in [4.69, 9.17) is 4.74 Å². The van der Waals surface area contributed by atoms with Crippen LogP contribution in [0.4, 0.5) is 0 Å². The molecular weight excluding hydrogens is 294 g/mol. The first kappa shape index (κ1) is 15.0. The summed E-state index contributed by atoms with van der Waals surface area (Å²) in [5.74, 6) is -0.349. The number of aromatic nitrogens is 3. The van der Waals surface area contributed by atoms with E-state index in [2.05, 4.69) is 10.1 Å². The maximum atomic E-state index is 11.6. The van der Waals surface area contributed by atoms with Gasteiger partial charge in [0.15, 0.2) is 5.69 Å². The summed E-state index contributed by atoms with van der Waals surface area (Å²) in [5.41, 5.74) is 3.81. The Labute approximate surface area is 133 Å². The third-order valence-corrected chi connectivity index (χ3v) is 3.87. The van der Waals surface area contributed by atoms with Crippen LogP contribution in [0.3, 0.4) is 0 Å². The number of rotatable bonds is 3. The predicted molar refractivity (Wildman–Crippen MR) is 86.9 cm³/mol. The maximum Gasteiger partial charge on any atom is 0.354 e. The summed E-state index contributed by atoms with van der Waals surface area (Å²) in [4.78, 5) is 16.2. The molecule has 6 heteroatoms. The van der Waals surface area contributed by atoms with Crippen LogP contribution in [0.15, 0.2) is 24.3 Å². The first-order chi connectivity index (χ1) is 10.9. The van der Waals surface area contributed by atoms with E-state index in [1.54, 1.807) is 21.1 Å². The van der Waals surface area contributed by atoms with Gasteiger partial charge in [0.2, 0.25) is 0 Å². The van der Waals surface area contributed by atoms with Crippen LogP contribution in [0, 0.1) is 13.8 Å². The molecule has 1 N–H and O–H groups in total. The zero-order chi connectivity index (χ0) is 16.7. The molecule has 0 bridgehead atoms. The second kappa shape index (κ2) is 5.39. The van der Waals surface area contributed by atoms with Gasteiger partial charge in [0, 0.05) is 23.7 Å². The average molecular weight is 311 g/mol. The molecule has 0 fully saturated rings. The van der Waals surface area contributed by atoms with Crippen molar-refractivity contribution in [3.8, 4) is 16.9 Å². The number of carboxylic acids is 1. The minimum absolute atomic E-state index is 0.162. The quantitative estimate of drug-likeness (QED) is 0.804. The SMILES string of the molecule is COc1ccc(-c2c(C)nn(C)c2C(=O)O)c2ccc(C)nc12. The predicted octanol–water partition coefficient (Wildman–Crippen LogP) is 2.96. The van der Waals surface area contributed by atoms with E-state index in [-0.39, 0.29) is 5.69 Å². The minimum atomic E-state index is -1.01. The number of fused-ring (bicyclic) bond motifs is 1. The third-order valence-electron chi connectivity index (χ3n) is 3.87. The van der Waals surface area contributed by atoms with Crippen molar-refractivity contribution < 1.29 is 14.6 Å². The lowest BCUT2D eigenvalue weighted by Crippen LogP contribution is -2.07. The first-order valence-corrected chi connectivity index (χ1v) is 7.15. The maximum absolute atomic E-state index is 11.6. The van der Waals surface area contributed by atoms with E-state index in [1.165, 1.54) is 4.68 Å². The van der Waals surface area contributed by atoms with Gasteiger partial charge in [0.1, 0.15) is 11.3 Å². The molecule has 23 heavy (non-hydrogen) atoms. The monoisotopic (exact) mass is 311 g/mol. The van der Waals surface area contributed by atoms with E-state index >= 15 is 0 Å². The molecule has 0 aliphatic heterocycles. The standard InChI is InChI=1S/C17H17N3O3/c1-9-5-6-12-11(7-8-13(23-4)15(12)18-9)14-10(2)19-20(3)16(14)17(21)22/h5-8H,1-4H3,(H,21,22). The normalized spacial score (nSPS) is 11.0. The van der Waals surface area contributed by atoms with E-state index in [0.717, 1.165) is 16.6 Å². The molecule has 0 aliphatic rings. The average Bonchev–Trinajstić information content (AvgIpc) is 2.80. The highest BCUT2D eigenvalue weighted by molar-refractivity contribution is 6.04. The van der Waals surface area contributed by atoms with Crippen molar-refractivity contribution in [2.24, 2.45) is 7.05 Å². The Bertz CT molecular complexity index is 928. The molecule has 3 rings (SSSR count). The summed E-state index contributed by atoms with van der Waals surface area (Å²) in [5, 5.41) is 14.6. The lowest BCUT2D eigenvalue weighted by molar-refractivity contribution is 0.0686. The van der Waals surface area contributed by atoms with Crippen molar-refractivity contribution in [1.82, 2.24) is 14.8 Å². The Morgan fingerprint density at radius 1 is 1.22 bits per heavy atom. The van der Waals surface area contributed by atoms with Crippen LogP contribution < -0.4 is 4.74 Å². The Morgan fingerprint density at radius 3 is 2.61 bits per heavy atom. The number of ether oxygens (including phenoxy) is 1. The molecule has 0 unspecified atom stereocenters. The van der Waals surface area contributed by atoms with Crippen molar-refractivity contribution in [2.75, 3.05) is 7.11 Å². The van der Waals surface area contributed by atoms with Gasteiger partial charge < -0.3 is 9.84 Å². The molecule has 2 aromatic heterocycles. The second-order valence-electron chi connectivity index (χ2n) is 5.40. The van der Waals surface area contributed by atoms with Crippen LogP contribution in [0.25, 0.3) is 22.0 Å². The molecule has 1 aromatic carbocycles. The second-order valence-corrected chi connectivity index (χ2v) is 5.40. The number of nitrogens with zero attached hydrogens (tertiary/aromatic N) is 3. The number of methoxy groups -OCH3 is 1. The summed E-state index contributed by atoms with van der Waals surface area (Å²) < 4.78 is 6.78. The van der Waals surface area contributed by atoms with Crippen molar-refractivity contribution in [1.29, 1.82) is 0 Å². The van der Waals surface area contributed by atoms with E-state index in [9.17, 15) is 9.90 Å². The molecule has 2 heterocycles. The molecule has 0 spiro atoms. The van der Waals surface area contributed by atoms with E-state index in [0.29, 0.717) is 22.5 Å². The molecule has 0 aliphatic carbocycles. The van der Waals surface area contributed by atoms with Gasteiger partial charge in [-0.3, -0.25) is 4.68 Å². The fraction of sp³-hybridized carbons (Fsp3) is 0.235. The van der Waals surface area contributed by atoms with E-state index in [1.807, 2.05) is 31.2 Å². The number of benzene rings is 1. The summed E-state index contributed by atoms with van der Waals surface area (Å²) in [6.45, 7) is 3.71. The van der Waals surface area contributed by atoms with Gasteiger partial charge in [-0.1, -0.05) is 6.07 Å². The topological polar surface area (TPSA) is 77.2 Å². The Hall–Kier alpha value is -2.89. The molecule has 118 valence electrons. The lowest BCUT2D eigenvalue weighted by atomic mass is 9.98. The zero-order valence-electron chi connectivity index (χ0n) is 13.4. The number of aryl methyl sites for hydroxylation is 3.